The molecule has 0 amide bonds. The van der Waals surface area contributed by atoms with E-state index in [0.29, 0.717) is 6.61 Å². The third-order valence-corrected chi connectivity index (χ3v) is 2.83. The number of hydrogen-bond donors (Lipinski definition) is 2. The van der Waals surface area contributed by atoms with E-state index in [-0.39, 0.29) is 6.04 Å². The molecule has 0 saturated heterocycles. The Balaban J connectivity index is 2.32. The zero-order chi connectivity index (χ0) is 13.0. The van der Waals surface area contributed by atoms with Gasteiger partial charge in [0.05, 0.1) is 18.8 Å². The van der Waals surface area contributed by atoms with Gasteiger partial charge in [-0.3, -0.25) is 0 Å². The Bertz CT molecular complexity index is 510. The van der Waals surface area contributed by atoms with Crippen molar-refractivity contribution in [2.24, 2.45) is 0 Å². The number of imidazole rings is 1. The minimum absolute atomic E-state index is 0.232. The quantitative estimate of drug-likeness (QED) is 0.814. The van der Waals surface area contributed by atoms with E-state index < -0.39 is 0 Å². The summed E-state index contributed by atoms with van der Waals surface area (Å²) in [4.78, 5) is 8.81. The molecule has 1 unspecified atom stereocenters. The minimum atomic E-state index is 0.232. The molecule has 2 rings (SSSR count). The van der Waals surface area contributed by atoms with Gasteiger partial charge < -0.3 is 19.8 Å². The second-order valence-corrected chi connectivity index (χ2v) is 4.09. The molecule has 6 heteroatoms. The highest BCUT2D eigenvalue weighted by molar-refractivity contribution is 5.65. The van der Waals surface area contributed by atoms with Crippen LogP contribution in [-0.4, -0.2) is 41.2 Å². The van der Waals surface area contributed by atoms with Crippen molar-refractivity contribution >= 4 is 17.3 Å². The summed E-state index contributed by atoms with van der Waals surface area (Å²) >= 11 is 0. The van der Waals surface area contributed by atoms with E-state index in [9.17, 15) is 0 Å². The molecule has 0 aliphatic heterocycles. The van der Waals surface area contributed by atoms with Crippen LogP contribution >= 0.6 is 0 Å². The molecular weight excluding hydrogens is 230 g/mol. The van der Waals surface area contributed by atoms with Crippen LogP contribution in [0.1, 0.15) is 13.3 Å². The molecule has 98 valence electrons. The van der Waals surface area contributed by atoms with Gasteiger partial charge >= 0.3 is 0 Å². The molecule has 2 aromatic heterocycles. The second kappa shape index (κ2) is 5.68. The number of rotatable bonds is 6. The lowest BCUT2D eigenvalue weighted by Gasteiger charge is -2.17. The largest absolute Gasteiger partial charge is 0.383 e. The number of methoxy groups -OCH3 is 1. The third kappa shape index (κ3) is 2.53. The maximum Gasteiger partial charge on any atom is 0.180 e. The zero-order valence-corrected chi connectivity index (χ0v) is 11.0. The Hall–Kier alpha value is -1.82. The summed E-state index contributed by atoms with van der Waals surface area (Å²) in [6.07, 6.45) is 6.54. The van der Waals surface area contributed by atoms with Gasteiger partial charge in [0.15, 0.2) is 11.5 Å². The van der Waals surface area contributed by atoms with Crippen molar-refractivity contribution in [3.8, 4) is 0 Å². The first kappa shape index (κ1) is 12.6. The SMILES string of the molecule is CCC(COC)Nc1nc(NC)cn2ccnc12. The summed E-state index contributed by atoms with van der Waals surface area (Å²) < 4.78 is 7.13. The van der Waals surface area contributed by atoms with E-state index in [1.165, 1.54) is 0 Å². The third-order valence-electron chi connectivity index (χ3n) is 2.83. The van der Waals surface area contributed by atoms with E-state index in [1.54, 1.807) is 13.3 Å². The van der Waals surface area contributed by atoms with Crippen LogP contribution in [-0.2, 0) is 4.74 Å². The molecule has 6 nitrogen and oxygen atoms in total. The summed E-state index contributed by atoms with van der Waals surface area (Å²) in [5.41, 5.74) is 0.823. The predicted octanol–water partition coefficient (Wildman–Crippen LogP) is 1.61. The molecule has 0 fully saturated rings. The Kier molecular flexibility index (Phi) is 3.99. The lowest BCUT2D eigenvalue weighted by Crippen LogP contribution is -2.25. The first-order valence-corrected chi connectivity index (χ1v) is 6.05. The Labute approximate surface area is 106 Å². The molecular formula is C12H19N5O. The number of anilines is 2. The van der Waals surface area contributed by atoms with E-state index in [1.807, 2.05) is 23.8 Å². The van der Waals surface area contributed by atoms with Gasteiger partial charge in [0.2, 0.25) is 0 Å². The van der Waals surface area contributed by atoms with Crippen molar-refractivity contribution in [2.45, 2.75) is 19.4 Å². The highest BCUT2D eigenvalue weighted by Crippen LogP contribution is 2.17. The van der Waals surface area contributed by atoms with Gasteiger partial charge in [0, 0.05) is 26.6 Å². The van der Waals surface area contributed by atoms with E-state index >= 15 is 0 Å². The first-order chi connectivity index (χ1) is 8.78. The van der Waals surface area contributed by atoms with Crippen molar-refractivity contribution in [1.82, 2.24) is 14.4 Å². The fourth-order valence-corrected chi connectivity index (χ4v) is 1.81. The van der Waals surface area contributed by atoms with Gasteiger partial charge in [-0.15, -0.1) is 0 Å². The van der Waals surface area contributed by atoms with Gasteiger partial charge in [-0.05, 0) is 6.42 Å². The number of fused-ring (bicyclic) bond motifs is 1. The van der Waals surface area contributed by atoms with Crippen LogP contribution in [0.5, 0.6) is 0 Å². The van der Waals surface area contributed by atoms with Gasteiger partial charge in [-0.25, -0.2) is 9.97 Å². The lowest BCUT2D eigenvalue weighted by molar-refractivity contribution is 0.184. The van der Waals surface area contributed by atoms with E-state index in [0.717, 1.165) is 23.7 Å². The summed E-state index contributed by atoms with van der Waals surface area (Å²) in [6, 6.07) is 0.232. The number of ether oxygens (including phenoxy) is 1. The number of nitrogens with one attached hydrogen (secondary N) is 2. The monoisotopic (exact) mass is 249 g/mol. The van der Waals surface area contributed by atoms with Crippen molar-refractivity contribution in [2.75, 3.05) is 31.4 Å². The fourth-order valence-electron chi connectivity index (χ4n) is 1.81. The minimum Gasteiger partial charge on any atom is -0.383 e. The number of aromatic nitrogens is 3. The van der Waals surface area contributed by atoms with Crippen LogP contribution in [0.2, 0.25) is 0 Å². The second-order valence-electron chi connectivity index (χ2n) is 4.09. The highest BCUT2D eigenvalue weighted by Gasteiger charge is 2.11. The van der Waals surface area contributed by atoms with Crippen LogP contribution in [0.4, 0.5) is 11.6 Å². The Morgan fingerprint density at radius 3 is 3.00 bits per heavy atom. The van der Waals surface area contributed by atoms with Crippen molar-refractivity contribution in [1.29, 1.82) is 0 Å². The molecule has 0 aliphatic rings. The standard InChI is InChI=1S/C12H19N5O/c1-4-9(8-18-3)15-11-12-14-5-6-17(12)7-10(13-2)16-11/h5-7,9,13H,4,8H2,1-3H3,(H,15,16). The average Bonchev–Trinajstić information content (AvgIpc) is 2.86. The van der Waals surface area contributed by atoms with Crippen molar-refractivity contribution in [3.05, 3.63) is 18.6 Å². The van der Waals surface area contributed by atoms with Gasteiger partial charge in [0.25, 0.3) is 0 Å². The first-order valence-electron chi connectivity index (χ1n) is 6.05. The normalized spacial score (nSPS) is 12.6. The smallest absolute Gasteiger partial charge is 0.180 e. The Morgan fingerprint density at radius 2 is 2.33 bits per heavy atom. The van der Waals surface area contributed by atoms with Crippen molar-refractivity contribution < 1.29 is 4.74 Å². The van der Waals surface area contributed by atoms with E-state index in [4.69, 9.17) is 4.74 Å². The molecule has 0 spiro atoms. The predicted molar refractivity (Wildman–Crippen MR) is 72.1 cm³/mol. The summed E-state index contributed by atoms with van der Waals surface area (Å²) in [5.74, 6) is 1.58. The van der Waals surface area contributed by atoms with Gasteiger partial charge in [-0.2, -0.15) is 0 Å². The highest BCUT2D eigenvalue weighted by atomic mass is 16.5. The van der Waals surface area contributed by atoms with E-state index in [2.05, 4.69) is 27.5 Å². The molecule has 0 radical (unpaired) electrons. The summed E-state index contributed by atoms with van der Waals surface area (Å²) in [6.45, 7) is 2.76. The molecule has 0 aromatic carbocycles. The zero-order valence-electron chi connectivity index (χ0n) is 11.0. The van der Waals surface area contributed by atoms with Crippen LogP contribution < -0.4 is 10.6 Å². The van der Waals surface area contributed by atoms with Crippen LogP contribution in [0.3, 0.4) is 0 Å². The molecule has 1 atom stereocenters. The molecule has 2 aromatic rings. The summed E-state index contributed by atoms with van der Waals surface area (Å²) in [5, 5.41) is 6.42. The topological polar surface area (TPSA) is 63.5 Å². The fraction of sp³-hybridized carbons (Fsp3) is 0.500. The molecule has 0 bridgehead atoms. The molecule has 0 saturated carbocycles. The number of nitrogens with zero attached hydrogens (tertiary/aromatic N) is 3. The van der Waals surface area contributed by atoms with Crippen LogP contribution in [0, 0.1) is 0 Å². The number of hydrogen-bond acceptors (Lipinski definition) is 5. The molecule has 0 aliphatic carbocycles. The molecule has 2 heterocycles. The van der Waals surface area contributed by atoms with Crippen LogP contribution in [0.25, 0.3) is 5.65 Å². The molecule has 2 N–H and O–H groups in total. The van der Waals surface area contributed by atoms with Gasteiger partial charge in [-0.1, -0.05) is 6.92 Å². The average molecular weight is 249 g/mol. The summed E-state index contributed by atoms with van der Waals surface area (Å²) in [7, 11) is 3.55. The maximum absolute atomic E-state index is 5.18. The Morgan fingerprint density at radius 1 is 1.50 bits per heavy atom. The van der Waals surface area contributed by atoms with Crippen molar-refractivity contribution in [3.63, 3.8) is 0 Å². The maximum atomic E-state index is 5.18. The van der Waals surface area contributed by atoms with Crippen LogP contribution in [0.15, 0.2) is 18.6 Å². The van der Waals surface area contributed by atoms with Gasteiger partial charge in [0.1, 0.15) is 5.82 Å². The molecule has 18 heavy (non-hydrogen) atoms. The lowest BCUT2D eigenvalue weighted by atomic mass is 10.2.